The number of methoxy groups -OCH3 is 1. The van der Waals surface area contributed by atoms with E-state index in [2.05, 4.69) is 20.0 Å². The van der Waals surface area contributed by atoms with Gasteiger partial charge in [0.1, 0.15) is 12.9 Å². The third kappa shape index (κ3) is 8.55. The van der Waals surface area contributed by atoms with Gasteiger partial charge in [0.25, 0.3) is 10.0 Å². The molecule has 2 N–H and O–H groups in total. The molecule has 2 aliphatic rings. The van der Waals surface area contributed by atoms with Crippen LogP contribution in [0, 0.1) is 19.3 Å². The van der Waals surface area contributed by atoms with Gasteiger partial charge in [0.2, 0.25) is 11.8 Å². The topological polar surface area (TPSA) is 140 Å². The summed E-state index contributed by atoms with van der Waals surface area (Å²) < 4.78 is 82.7. The number of aryl methyl sites for hydroxylation is 2. The molecule has 50 heavy (non-hydrogen) atoms. The van der Waals surface area contributed by atoms with E-state index in [0.29, 0.717) is 37.7 Å². The summed E-state index contributed by atoms with van der Waals surface area (Å²) in [6.45, 7) is 3.62. The number of sulfonamides is 1. The lowest BCUT2D eigenvalue weighted by molar-refractivity contribution is -0.193. The number of nitrogens with one attached hydrogen (secondary N) is 2. The van der Waals surface area contributed by atoms with Crippen molar-refractivity contribution in [1.29, 1.82) is 0 Å². The lowest BCUT2D eigenvalue weighted by atomic mass is 9.88. The normalized spacial score (nSPS) is 19.4. The van der Waals surface area contributed by atoms with E-state index < -0.39 is 33.7 Å². The number of hydrogen-bond acceptors (Lipinski definition) is 9. The van der Waals surface area contributed by atoms with Crippen LogP contribution in [0.25, 0.3) is 11.3 Å². The molecule has 3 aromatic rings. The third-order valence-electron chi connectivity index (χ3n) is 9.83. The second-order valence-electron chi connectivity index (χ2n) is 13.2. The Kier molecular flexibility index (Phi) is 11.1. The number of likely N-dealkylation sites (N-methyl/N-ethyl adjacent to an activating group) is 1. The number of nitrogens with zero attached hydrogens (tertiary/aromatic N) is 3. The van der Waals surface area contributed by atoms with Crippen molar-refractivity contribution in [1.82, 2.24) is 20.2 Å². The van der Waals surface area contributed by atoms with E-state index in [1.807, 2.05) is 36.9 Å². The van der Waals surface area contributed by atoms with Crippen LogP contribution in [0.5, 0.6) is 5.88 Å². The van der Waals surface area contributed by atoms with Crippen LogP contribution in [0.4, 0.5) is 23.9 Å². The summed E-state index contributed by atoms with van der Waals surface area (Å²) in [6, 6.07) is 11.9. The lowest BCUT2D eigenvalue weighted by Crippen LogP contribution is -2.49. The van der Waals surface area contributed by atoms with Crippen LogP contribution in [0.15, 0.2) is 53.4 Å². The van der Waals surface area contributed by atoms with E-state index in [4.69, 9.17) is 9.47 Å². The fraction of sp³-hybridized carbons (Fsp3) is 0.486. The predicted octanol–water partition coefficient (Wildman–Crippen LogP) is 6.45. The molecule has 2 saturated carbocycles. The van der Waals surface area contributed by atoms with Crippen LogP contribution in [0.1, 0.15) is 66.4 Å². The molecule has 0 aliphatic heterocycles. The molecule has 0 radical (unpaired) electrons. The maximum absolute atomic E-state index is 14.2. The SMILES string of the molecule is COC(=O)N[C@H]1CC[C@H](N(C)[C@@H](COc2cc(-c3c(C)cccc3C)nc(NS(=O)(=O)c3cccc(C=O)c3)n2)CC2(C(F)(F)F)CC2)CC1. The second-order valence-corrected chi connectivity index (χ2v) is 14.9. The predicted molar refractivity (Wildman–Crippen MR) is 181 cm³/mol. The Bertz CT molecular complexity index is 1790. The number of anilines is 1. The van der Waals surface area contributed by atoms with Gasteiger partial charge in [-0.05, 0) is 89.1 Å². The number of halogens is 3. The number of alkyl carbamates (subject to hydrolysis) is 1. The van der Waals surface area contributed by atoms with E-state index in [9.17, 15) is 31.2 Å². The van der Waals surface area contributed by atoms with Gasteiger partial charge in [0.15, 0.2) is 0 Å². The van der Waals surface area contributed by atoms with Crippen molar-refractivity contribution in [3.63, 3.8) is 0 Å². The molecule has 0 unspecified atom stereocenters. The molecule has 15 heteroatoms. The van der Waals surface area contributed by atoms with Gasteiger partial charge in [-0.15, -0.1) is 0 Å². The summed E-state index contributed by atoms with van der Waals surface area (Å²) in [7, 11) is -1.15. The first kappa shape index (κ1) is 37.0. The van der Waals surface area contributed by atoms with Crippen LogP contribution in [0.2, 0.25) is 0 Å². The molecular weight excluding hydrogens is 675 g/mol. The number of benzene rings is 2. The zero-order valence-electron chi connectivity index (χ0n) is 28.4. The Labute approximate surface area is 290 Å². The molecule has 1 heterocycles. The van der Waals surface area contributed by atoms with E-state index >= 15 is 0 Å². The molecule has 11 nitrogen and oxygen atoms in total. The minimum absolute atomic E-state index is 0.0155. The van der Waals surface area contributed by atoms with Crippen LogP contribution in [-0.4, -0.2) is 80.7 Å². The molecule has 270 valence electrons. The van der Waals surface area contributed by atoms with Crippen molar-refractivity contribution in [3.05, 3.63) is 65.2 Å². The maximum Gasteiger partial charge on any atom is 0.407 e. The number of amides is 1. The highest BCUT2D eigenvalue weighted by atomic mass is 32.2. The smallest absolute Gasteiger partial charge is 0.407 e. The molecule has 2 aliphatic carbocycles. The summed E-state index contributed by atoms with van der Waals surface area (Å²) in [4.78, 5) is 33.6. The zero-order chi connectivity index (χ0) is 36.3. The van der Waals surface area contributed by atoms with Gasteiger partial charge >= 0.3 is 12.3 Å². The highest BCUT2D eigenvalue weighted by Crippen LogP contribution is 2.61. The lowest BCUT2D eigenvalue weighted by Gasteiger charge is -2.40. The summed E-state index contributed by atoms with van der Waals surface area (Å²) in [6.07, 6.45) is -1.85. The van der Waals surface area contributed by atoms with Crippen molar-refractivity contribution in [3.8, 4) is 17.1 Å². The van der Waals surface area contributed by atoms with E-state index in [0.717, 1.165) is 16.7 Å². The number of aromatic nitrogens is 2. The number of rotatable bonds is 13. The van der Waals surface area contributed by atoms with Gasteiger partial charge in [-0.25, -0.2) is 22.9 Å². The third-order valence-corrected chi connectivity index (χ3v) is 11.2. The molecule has 1 aromatic heterocycles. The molecule has 0 bridgehead atoms. The summed E-state index contributed by atoms with van der Waals surface area (Å²) in [5.41, 5.74) is 1.17. The van der Waals surface area contributed by atoms with E-state index in [-0.39, 0.29) is 60.2 Å². The highest BCUT2D eigenvalue weighted by molar-refractivity contribution is 7.92. The Balaban J connectivity index is 1.44. The van der Waals surface area contributed by atoms with Crippen LogP contribution in [0.3, 0.4) is 0 Å². The molecule has 0 saturated heterocycles. The number of hydrogen-bond donors (Lipinski definition) is 2. The van der Waals surface area contributed by atoms with Crippen molar-refractivity contribution in [2.45, 2.75) is 88.0 Å². The first-order chi connectivity index (χ1) is 23.6. The van der Waals surface area contributed by atoms with E-state index in [1.54, 1.807) is 13.1 Å². The standard InChI is InChI=1S/C35H42F3N5O6S/c1-22-7-5-8-23(2)31(22)29-18-30(41-32(40-29)42-50(46,47)28-10-6-9-24(17-28)20-44)49-21-27(19-34(15-16-34)35(36,37)38)43(3)26-13-11-25(12-14-26)39-33(45)48-4/h5-10,17-18,20,25-27H,11-16,19,21H2,1-4H3,(H,39,45)(H,40,41,42)/t25-,26-,27-/m1/s1. The monoisotopic (exact) mass is 717 g/mol. The Morgan fingerprint density at radius 3 is 2.32 bits per heavy atom. The van der Waals surface area contributed by atoms with Gasteiger partial charge < -0.3 is 14.8 Å². The Hall–Kier alpha value is -4.24. The van der Waals surface area contributed by atoms with Crippen LogP contribution < -0.4 is 14.8 Å². The fourth-order valence-electron chi connectivity index (χ4n) is 6.68. The summed E-state index contributed by atoms with van der Waals surface area (Å²) in [5.74, 6) is -0.315. The average Bonchev–Trinajstić information content (AvgIpc) is 3.87. The maximum atomic E-state index is 14.2. The van der Waals surface area contributed by atoms with Gasteiger partial charge in [-0.3, -0.25) is 9.69 Å². The number of ether oxygens (including phenoxy) is 2. The van der Waals surface area contributed by atoms with Crippen LogP contribution >= 0.6 is 0 Å². The van der Waals surface area contributed by atoms with Gasteiger partial charge in [-0.1, -0.05) is 30.3 Å². The molecular formula is C35H42F3N5O6S. The number of carbonyl (C=O) groups excluding carboxylic acids is 2. The first-order valence-corrected chi connectivity index (χ1v) is 17.9. The van der Waals surface area contributed by atoms with E-state index in [1.165, 1.54) is 31.4 Å². The Morgan fingerprint density at radius 1 is 1.06 bits per heavy atom. The summed E-state index contributed by atoms with van der Waals surface area (Å²) >= 11 is 0. The van der Waals surface area contributed by atoms with Crippen LogP contribution in [-0.2, 0) is 14.8 Å². The molecule has 0 spiro atoms. The van der Waals surface area contributed by atoms with Crippen molar-refractivity contribution in [2.75, 3.05) is 25.5 Å². The molecule has 2 aromatic carbocycles. The van der Waals surface area contributed by atoms with Gasteiger partial charge in [0.05, 0.1) is 23.1 Å². The van der Waals surface area contributed by atoms with Crippen molar-refractivity contribution < 1.29 is 40.7 Å². The highest BCUT2D eigenvalue weighted by Gasteiger charge is 2.63. The molecule has 1 amide bonds. The largest absolute Gasteiger partial charge is 0.476 e. The fourth-order valence-corrected chi connectivity index (χ4v) is 7.68. The second kappa shape index (κ2) is 14.9. The number of carbonyl (C=O) groups is 2. The Morgan fingerprint density at radius 2 is 1.72 bits per heavy atom. The zero-order valence-corrected chi connectivity index (χ0v) is 29.2. The van der Waals surface area contributed by atoms with Crippen molar-refractivity contribution >= 4 is 28.4 Å². The molecule has 1 atom stereocenters. The quantitative estimate of drug-likeness (QED) is 0.191. The minimum Gasteiger partial charge on any atom is -0.476 e. The first-order valence-electron chi connectivity index (χ1n) is 16.4. The number of aldehydes is 1. The summed E-state index contributed by atoms with van der Waals surface area (Å²) in [5, 5.41) is 2.80. The average molecular weight is 718 g/mol. The number of alkyl halides is 3. The van der Waals surface area contributed by atoms with Gasteiger partial charge in [-0.2, -0.15) is 18.2 Å². The van der Waals surface area contributed by atoms with Crippen molar-refractivity contribution in [2.24, 2.45) is 5.41 Å². The van der Waals surface area contributed by atoms with Gasteiger partial charge in [0, 0.05) is 35.3 Å². The minimum atomic E-state index is -4.37. The molecule has 2 fully saturated rings. The molecule has 5 rings (SSSR count).